The van der Waals surface area contributed by atoms with Crippen LogP contribution in [0.25, 0.3) is 32.2 Å². The number of hydrogen-bond donors (Lipinski definition) is 2. The second kappa shape index (κ2) is 10.8. The number of halogens is 5. The molecule has 4 atom stereocenters. The number of morpholine rings is 1. The number of thiazole rings is 1. The average molecular weight is 719 g/mol. The third-order valence-electron chi connectivity index (χ3n) is 7.51. The summed E-state index contributed by atoms with van der Waals surface area (Å²) in [6.45, 7) is 2.29. The minimum atomic E-state index is -0.927. The number of rotatable bonds is 5. The molecule has 3 saturated heterocycles. The van der Waals surface area contributed by atoms with E-state index in [1.165, 1.54) is 12.1 Å². The fraction of sp³-hybridized carbons (Fsp3) is 0.423. The topological polar surface area (TPSA) is 102 Å². The van der Waals surface area contributed by atoms with E-state index >= 15 is 4.39 Å². The number of nitrogen functional groups attached to an aromatic ring is 1. The molecular weight excluding hydrogens is 694 g/mol. The Morgan fingerprint density at radius 3 is 2.85 bits per heavy atom. The normalized spacial score (nSPS) is 25.1. The fourth-order valence-electron chi connectivity index (χ4n) is 5.56. The molecule has 7 rings (SSSR count). The Bertz CT molecular complexity index is 1650. The maximum absolute atomic E-state index is 16.6. The maximum atomic E-state index is 16.6. The third kappa shape index (κ3) is 5.05. The number of nitrogens with one attached hydrogen (secondary N) is 1. The zero-order valence-corrected chi connectivity index (χ0v) is 25.4. The van der Waals surface area contributed by atoms with Crippen molar-refractivity contribution in [1.82, 2.24) is 25.2 Å². The van der Waals surface area contributed by atoms with Crippen molar-refractivity contribution in [3.63, 3.8) is 0 Å². The van der Waals surface area contributed by atoms with Crippen LogP contribution in [0, 0.1) is 11.6 Å². The quantitative estimate of drug-likeness (QED) is 0.136. The predicted octanol–water partition coefficient (Wildman–Crippen LogP) is 0.980. The van der Waals surface area contributed by atoms with Crippen LogP contribution in [-0.2, 0) is 4.74 Å². The van der Waals surface area contributed by atoms with Gasteiger partial charge in [0.25, 0.3) is 0 Å². The summed E-state index contributed by atoms with van der Waals surface area (Å²) < 4.78 is 59.4. The van der Waals surface area contributed by atoms with Crippen LogP contribution < -0.4 is 40.4 Å². The number of aromatic nitrogens is 3. The van der Waals surface area contributed by atoms with E-state index in [0.29, 0.717) is 49.5 Å². The van der Waals surface area contributed by atoms with E-state index in [9.17, 15) is 8.78 Å². The molecule has 2 bridgehead atoms. The first-order chi connectivity index (χ1) is 19.7. The number of nitrogens with zero attached hydrogens (tertiary/aromatic N) is 5. The van der Waals surface area contributed by atoms with E-state index in [0.717, 1.165) is 11.3 Å². The van der Waals surface area contributed by atoms with Crippen molar-refractivity contribution >= 4 is 55.0 Å². The second-order valence-corrected chi connectivity index (χ2v) is 15.0. The average Bonchev–Trinajstić information content (AvgIpc) is 3.49. The van der Waals surface area contributed by atoms with Gasteiger partial charge >= 0.3 is 254 Å². The van der Waals surface area contributed by atoms with E-state index in [4.69, 9.17) is 31.8 Å². The van der Waals surface area contributed by atoms with Gasteiger partial charge in [-0.25, -0.2) is 0 Å². The molecule has 0 aliphatic carbocycles. The molecule has 3 aliphatic rings. The van der Waals surface area contributed by atoms with Gasteiger partial charge in [0.2, 0.25) is 0 Å². The van der Waals surface area contributed by atoms with Crippen molar-refractivity contribution in [3.8, 4) is 17.1 Å². The number of likely N-dealkylation sites (N-methyl/N-ethyl adjacent to an activating group) is 1. The Hall–Kier alpha value is -2.24. The Morgan fingerprint density at radius 1 is 1.22 bits per heavy atom. The van der Waals surface area contributed by atoms with Crippen molar-refractivity contribution < 1.29 is 44.1 Å². The third-order valence-corrected chi connectivity index (χ3v) is 11.6. The summed E-state index contributed by atoms with van der Waals surface area (Å²) in [6, 6.07) is 4.30. The molecule has 3 N–H and O–H groups in total. The van der Waals surface area contributed by atoms with E-state index in [1.54, 1.807) is 6.07 Å². The summed E-state index contributed by atoms with van der Waals surface area (Å²) in [6.07, 6.45) is -0.585. The van der Waals surface area contributed by atoms with Crippen molar-refractivity contribution in [2.24, 2.45) is 0 Å². The molecule has 0 amide bonds. The van der Waals surface area contributed by atoms with E-state index in [2.05, 4.69) is 18.4 Å². The standard InChI is InChI=1S/C26H25ClF3IN7O2S/c1-37-6-11(28)4-13(37)9-40-26-35-21-15(24(36-26)38-7-12-8-39-10-18(31-38)33-12)5-16(27)19(20(21)30)14-2-3-17(29)23-22(14)34-25(32)41-23/h2-3,5,11-13,18,33H,4,6-10H2,1H3,(H2,32,34)/q-1/t11-,12?,13+,18?/m1/s1. The summed E-state index contributed by atoms with van der Waals surface area (Å²) in [5, 5.41) is 4.31. The van der Waals surface area contributed by atoms with Crippen LogP contribution in [0.3, 0.4) is 0 Å². The number of hydrogen-bond acceptors (Lipinski definition) is 10. The van der Waals surface area contributed by atoms with Crippen LogP contribution >= 0.6 is 22.9 Å². The minimum absolute atomic E-state index is 0.00138. The van der Waals surface area contributed by atoms with Gasteiger partial charge in [-0.1, -0.05) is 0 Å². The number of nitrogens with two attached hydrogens (primary N) is 1. The van der Waals surface area contributed by atoms with Gasteiger partial charge in [-0.15, -0.1) is 0 Å². The molecule has 9 nitrogen and oxygen atoms in total. The molecule has 5 heterocycles. The van der Waals surface area contributed by atoms with Crippen LogP contribution in [0.5, 0.6) is 6.01 Å². The van der Waals surface area contributed by atoms with Gasteiger partial charge < -0.3 is 0 Å². The molecule has 2 aromatic carbocycles. The van der Waals surface area contributed by atoms with Crippen LogP contribution in [0.1, 0.15) is 6.42 Å². The van der Waals surface area contributed by atoms with Crippen molar-refractivity contribution in [3.05, 3.63) is 34.9 Å². The van der Waals surface area contributed by atoms with Crippen LogP contribution in [0.4, 0.5) is 24.1 Å². The Kier molecular flexibility index (Phi) is 7.26. The van der Waals surface area contributed by atoms with Gasteiger partial charge in [-0.2, -0.15) is 0 Å². The molecule has 3 fully saturated rings. The monoisotopic (exact) mass is 718 g/mol. The summed E-state index contributed by atoms with van der Waals surface area (Å²) in [7, 11) is 1.84. The van der Waals surface area contributed by atoms with Gasteiger partial charge in [0.15, 0.2) is 0 Å². The fourth-order valence-corrected chi connectivity index (χ4v) is 9.85. The SMILES string of the molecule is CN1C[C@H](F)C[C@H]1COc1nc(N2CC3COCC(N3)[I-]2)c2cc(Cl)c(-c3ccc(F)c4sc(N)nc34)c(F)c2n1. The van der Waals surface area contributed by atoms with Crippen molar-refractivity contribution in [2.45, 2.75) is 28.7 Å². The van der Waals surface area contributed by atoms with Gasteiger partial charge in [0.1, 0.15) is 0 Å². The van der Waals surface area contributed by atoms with E-state index in [1.807, 2.05) is 11.9 Å². The summed E-state index contributed by atoms with van der Waals surface area (Å²) in [5.74, 6) is -0.659. The van der Waals surface area contributed by atoms with Crippen molar-refractivity contribution in [1.29, 1.82) is 0 Å². The molecule has 0 spiro atoms. The van der Waals surface area contributed by atoms with E-state index in [-0.39, 0.29) is 60.2 Å². The number of likely N-dealkylation sites (tertiary alicyclic amines) is 1. The van der Waals surface area contributed by atoms with E-state index < -0.39 is 39.3 Å². The second-order valence-electron chi connectivity index (χ2n) is 10.3. The van der Waals surface area contributed by atoms with Crippen molar-refractivity contribution in [2.75, 3.05) is 48.8 Å². The Labute approximate surface area is 252 Å². The zero-order chi connectivity index (χ0) is 28.4. The molecule has 0 radical (unpaired) electrons. The van der Waals surface area contributed by atoms with Gasteiger partial charge in [0.05, 0.1) is 0 Å². The Morgan fingerprint density at radius 2 is 2.07 bits per heavy atom. The first kappa shape index (κ1) is 27.6. The van der Waals surface area contributed by atoms with Crippen LogP contribution in [0.2, 0.25) is 5.02 Å². The molecule has 0 saturated carbocycles. The van der Waals surface area contributed by atoms with Crippen LogP contribution in [-0.4, -0.2) is 82.1 Å². The number of benzene rings is 2. The number of alkyl halides is 2. The van der Waals surface area contributed by atoms with Crippen LogP contribution in [0.15, 0.2) is 18.2 Å². The number of fused-ring (bicyclic) bond motifs is 4. The first-order valence-corrected chi connectivity index (χ1v) is 16.4. The number of anilines is 2. The first-order valence-electron chi connectivity index (χ1n) is 13.0. The zero-order valence-electron chi connectivity index (χ0n) is 21.7. The molecule has 2 aromatic heterocycles. The predicted molar refractivity (Wildman–Crippen MR) is 148 cm³/mol. The molecule has 3 aliphatic heterocycles. The summed E-state index contributed by atoms with van der Waals surface area (Å²) in [5.41, 5.74) is 6.47. The summed E-state index contributed by atoms with van der Waals surface area (Å²) in [4.78, 5) is 15.4. The molecular formula is C26H25ClF3IN7O2S-. The molecule has 4 aromatic rings. The van der Waals surface area contributed by atoms with Gasteiger partial charge in [-0.05, 0) is 0 Å². The molecule has 15 heteroatoms. The molecule has 2 unspecified atom stereocenters. The van der Waals surface area contributed by atoms with Gasteiger partial charge in [-0.3, -0.25) is 0 Å². The van der Waals surface area contributed by atoms with Gasteiger partial charge in [0, 0.05) is 0 Å². The summed E-state index contributed by atoms with van der Waals surface area (Å²) >= 11 is 7.11. The Balaban J connectivity index is 1.36. The number of ether oxygens (including phenoxy) is 2. The molecule has 218 valence electrons. The molecule has 41 heavy (non-hydrogen) atoms.